The Balaban J connectivity index is 1.97. The summed E-state index contributed by atoms with van der Waals surface area (Å²) in [6, 6.07) is 3.40. The molecule has 0 saturated carbocycles. The highest BCUT2D eigenvalue weighted by Crippen LogP contribution is 2.19. The molecule has 0 aliphatic carbocycles. The van der Waals surface area contributed by atoms with E-state index in [1.54, 1.807) is 31.0 Å². The lowest BCUT2D eigenvalue weighted by Gasteiger charge is -2.20. The first-order chi connectivity index (χ1) is 12.3. The van der Waals surface area contributed by atoms with E-state index in [0.717, 1.165) is 12.1 Å². The van der Waals surface area contributed by atoms with Crippen molar-refractivity contribution in [3.63, 3.8) is 0 Å². The Kier molecular flexibility index (Phi) is 6.68. The number of hydrogen-bond acceptors (Lipinski definition) is 3. The highest BCUT2D eigenvalue weighted by molar-refractivity contribution is 5.79. The second-order valence-corrected chi connectivity index (χ2v) is 6.28. The van der Waals surface area contributed by atoms with Crippen LogP contribution in [0, 0.1) is 11.6 Å². The van der Waals surface area contributed by atoms with Gasteiger partial charge in [0.25, 0.3) is 0 Å². The normalized spacial score (nSPS) is 14.2. The van der Waals surface area contributed by atoms with Crippen LogP contribution in [0.25, 0.3) is 0 Å². The highest BCUT2D eigenvalue weighted by Gasteiger charge is 2.24. The van der Waals surface area contributed by atoms with Gasteiger partial charge in [0.1, 0.15) is 17.2 Å². The average molecular weight is 365 g/mol. The van der Waals surface area contributed by atoms with Gasteiger partial charge in [-0.25, -0.2) is 13.8 Å². The van der Waals surface area contributed by atoms with Crippen molar-refractivity contribution in [3.8, 4) is 0 Å². The third-order valence-electron chi connectivity index (χ3n) is 3.91. The van der Waals surface area contributed by atoms with Crippen LogP contribution in [0.15, 0.2) is 35.6 Å². The van der Waals surface area contributed by atoms with Crippen molar-refractivity contribution in [2.45, 2.75) is 25.9 Å². The fourth-order valence-electron chi connectivity index (χ4n) is 2.42. The van der Waals surface area contributed by atoms with Crippen LogP contribution in [-0.4, -0.2) is 40.5 Å². The van der Waals surface area contributed by atoms with E-state index < -0.39 is 17.2 Å². The first-order valence-corrected chi connectivity index (χ1v) is 8.49. The quantitative estimate of drug-likeness (QED) is 0.516. The van der Waals surface area contributed by atoms with Crippen molar-refractivity contribution >= 4 is 5.96 Å². The SMILES string of the molecule is CCNC(=NCC(C)(O)c1cnn(C)c1)NCCc1cc(F)ccc1F. The molecule has 2 rings (SSSR count). The molecular formula is C18H25F2N5O. The fraction of sp³-hybridized carbons (Fsp3) is 0.444. The van der Waals surface area contributed by atoms with Crippen molar-refractivity contribution in [2.75, 3.05) is 19.6 Å². The molecule has 1 heterocycles. The Morgan fingerprint density at radius 1 is 1.35 bits per heavy atom. The van der Waals surface area contributed by atoms with Crippen LogP contribution in [0.3, 0.4) is 0 Å². The number of nitrogens with one attached hydrogen (secondary N) is 2. The summed E-state index contributed by atoms with van der Waals surface area (Å²) in [5.74, 6) is -0.405. The average Bonchev–Trinajstić information content (AvgIpc) is 3.03. The molecular weight excluding hydrogens is 340 g/mol. The van der Waals surface area contributed by atoms with Crippen LogP contribution < -0.4 is 10.6 Å². The van der Waals surface area contributed by atoms with Gasteiger partial charge in [-0.1, -0.05) is 0 Å². The minimum absolute atomic E-state index is 0.127. The standard InChI is InChI=1S/C18H25F2N5O/c1-4-21-17(22-8-7-13-9-15(19)5-6-16(13)20)23-12-18(2,26)14-10-24-25(3)11-14/h5-6,9-11,26H,4,7-8,12H2,1-3H3,(H2,21,22,23). The van der Waals surface area contributed by atoms with Gasteiger partial charge >= 0.3 is 0 Å². The van der Waals surface area contributed by atoms with Crippen molar-refractivity contribution in [2.24, 2.45) is 12.0 Å². The molecule has 3 N–H and O–H groups in total. The number of halogens is 2. The van der Waals surface area contributed by atoms with Crippen molar-refractivity contribution in [3.05, 3.63) is 53.4 Å². The van der Waals surface area contributed by atoms with E-state index in [9.17, 15) is 13.9 Å². The Morgan fingerprint density at radius 3 is 2.77 bits per heavy atom. The number of aromatic nitrogens is 2. The van der Waals surface area contributed by atoms with E-state index in [2.05, 4.69) is 20.7 Å². The van der Waals surface area contributed by atoms with Gasteiger partial charge in [-0.3, -0.25) is 4.68 Å². The van der Waals surface area contributed by atoms with Crippen molar-refractivity contribution < 1.29 is 13.9 Å². The maximum Gasteiger partial charge on any atom is 0.191 e. The summed E-state index contributed by atoms with van der Waals surface area (Å²) in [5.41, 5.74) is -0.192. The minimum atomic E-state index is -1.16. The molecule has 6 nitrogen and oxygen atoms in total. The first kappa shape index (κ1) is 19.8. The van der Waals surface area contributed by atoms with E-state index in [1.807, 2.05) is 6.92 Å². The monoisotopic (exact) mass is 365 g/mol. The number of benzene rings is 1. The van der Waals surface area contributed by atoms with Crippen molar-refractivity contribution in [1.29, 1.82) is 0 Å². The lowest BCUT2D eigenvalue weighted by atomic mass is 10.0. The molecule has 0 aliphatic heterocycles. The molecule has 26 heavy (non-hydrogen) atoms. The number of aliphatic hydroxyl groups is 1. The van der Waals surface area contributed by atoms with Crippen LogP contribution >= 0.6 is 0 Å². The molecule has 0 fully saturated rings. The number of aryl methyl sites for hydroxylation is 1. The molecule has 1 aromatic carbocycles. The maximum atomic E-state index is 13.7. The summed E-state index contributed by atoms with van der Waals surface area (Å²) in [5, 5.41) is 20.8. The molecule has 0 aliphatic rings. The van der Waals surface area contributed by atoms with Crippen LogP contribution in [0.2, 0.25) is 0 Å². The molecule has 2 aromatic rings. The number of aliphatic imine (C=N–C) groups is 1. The lowest BCUT2D eigenvalue weighted by Crippen LogP contribution is -2.39. The Morgan fingerprint density at radius 2 is 2.12 bits per heavy atom. The maximum absolute atomic E-state index is 13.7. The second kappa shape index (κ2) is 8.75. The molecule has 1 unspecified atom stereocenters. The molecule has 0 amide bonds. The molecule has 1 aromatic heterocycles. The zero-order valence-electron chi connectivity index (χ0n) is 15.3. The van der Waals surface area contributed by atoms with E-state index >= 15 is 0 Å². The highest BCUT2D eigenvalue weighted by atomic mass is 19.1. The van der Waals surface area contributed by atoms with Crippen LogP contribution in [0.5, 0.6) is 0 Å². The smallest absolute Gasteiger partial charge is 0.191 e. The van der Waals surface area contributed by atoms with E-state index in [0.29, 0.717) is 36.6 Å². The van der Waals surface area contributed by atoms with Gasteiger partial charge in [0.15, 0.2) is 5.96 Å². The summed E-state index contributed by atoms with van der Waals surface area (Å²) in [7, 11) is 1.78. The largest absolute Gasteiger partial charge is 0.383 e. The summed E-state index contributed by atoms with van der Waals surface area (Å²) in [6.45, 7) is 4.72. The van der Waals surface area contributed by atoms with Crippen LogP contribution in [0.4, 0.5) is 8.78 Å². The summed E-state index contributed by atoms with van der Waals surface area (Å²) >= 11 is 0. The first-order valence-electron chi connectivity index (χ1n) is 8.49. The Hall–Kier alpha value is -2.48. The predicted octanol–water partition coefficient (Wildman–Crippen LogP) is 1.70. The third-order valence-corrected chi connectivity index (χ3v) is 3.91. The van der Waals surface area contributed by atoms with Crippen LogP contribution in [-0.2, 0) is 19.1 Å². The zero-order valence-corrected chi connectivity index (χ0v) is 15.3. The van der Waals surface area contributed by atoms with E-state index in [-0.39, 0.29) is 6.54 Å². The van der Waals surface area contributed by atoms with E-state index in [1.165, 1.54) is 6.07 Å². The number of nitrogens with zero attached hydrogens (tertiary/aromatic N) is 3. The predicted molar refractivity (Wildman–Crippen MR) is 96.8 cm³/mol. The van der Waals surface area contributed by atoms with Gasteiger partial charge in [-0.2, -0.15) is 5.10 Å². The molecule has 0 spiro atoms. The minimum Gasteiger partial charge on any atom is -0.383 e. The van der Waals surface area contributed by atoms with Crippen molar-refractivity contribution in [1.82, 2.24) is 20.4 Å². The molecule has 0 saturated heterocycles. The fourth-order valence-corrected chi connectivity index (χ4v) is 2.42. The Bertz CT molecular complexity index is 758. The van der Waals surface area contributed by atoms with Gasteiger partial charge in [0.05, 0.1) is 12.7 Å². The van der Waals surface area contributed by atoms with Gasteiger partial charge in [0, 0.05) is 31.9 Å². The lowest BCUT2D eigenvalue weighted by molar-refractivity contribution is 0.0672. The summed E-state index contributed by atoms with van der Waals surface area (Å²) in [6.07, 6.45) is 3.65. The van der Waals surface area contributed by atoms with Gasteiger partial charge in [0.2, 0.25) is 0 Å². The molecule has 0 radical (unpaired) electrons. The topological polar surface area (TPSA) is 74.5 Å². The van der Waals surface area contributed by atoms with Gasteiger partial charge < -0.3 is 15.7 Å². The summed E-state index contributed by atoms with van der Waals surface area (Å²) in [4.78, 5) is 4.38. The zero-order chi connectivity index (χ0) is 19.2. The number of guanidine groups is 1. The molecule has 1 atom stereocenters. The molecule has 142 valence electrons. The van der Waals surface area contributed by atoms with Gasteiger partial charge in [-0.15, -0.1) is 0 Å². The second-order valence-electron chi connectivity index (χ2n) is 6.28. The van der Waals surface area contributed by atoms with E-state index in [4.69, 9.17) is 0 Å². The van der Waals surface area contributed by atoms with Crippen LogP contribution in [0.1, 0.15) is 25.0 Å². The number of hydrogen-bond donors (Lipinski definition) is 3. The third kappa shape index (κ3) is 5.52. The summed E-state index contributed by atoms with van der Waals surface area (Å²) < 4.78 is 28.5. The molecule has 8 heteroatoms. The molecule has 0 bridgehead atoms. The van der Waals surface area contributed by atoms with Gasteiger partial charge in [-0.05, 0) is 44.0 Å². The Labute approximate surface area is 152 Å². The number of rotatable bonds is 7.